The van der Waals surface area contributed by atoms with Crippen LogP contribution in [-0.4, -0.2) is 23.4 Å². The second-order valence-electron chi connectivity index (χ2n) is 10.3. The maximum atomic E-state index is 13.7. The minimum Gasteiger partial charge on any atom is -0.507 e. The van der Waals surface area contributed by atoms with Gasteiger partial charge in [-0.2, -0.15) is 0 Å². The van der Waals surface area contributed by atoms with Crippen molar-refractivity contribution >= 4 is 23.1 Å². The highest BCUT2D eigenvalue weighted by molar-refractivity contribution is 6.51. The zero-order valence-corrected chi connectivity index (χ0v) is 23.6. The Morgan fingerprint density at radius 2 is 1.61 bits per heavy atom. The summed E-state index contributed by atoms with van der Waals surface area (Å²) in [4.78, 5) is 28.7. The summed E-state index contributed by atoms with van der Waals surface area (Å²) in [7, 11) is 0. The number of benzene rings is 4. The number of Topliss-reactive ketones (excluding diaryl/α,β-unsaturated/α-hetero) is 1. The molecular weight excluding hydrogens is 514 g/mol. The number of hydrogen-bond acceptors (Lipinski definition) is 5. The zero-order chi connectivity index (χ0) is 29.1. The maximum Gasteiger partial charge on any atom is 0.300 e. The Labute approximate surface area is 240 Å². The van der Waals surface area contributed by atoms with Crippen molar-refractivity contribution in [1.82, 2.24) is 0 Å². The van der Waals surface area contributed by atoms with Crippen LogP contribution in [0.1, 0.15) is 55.0 Å². The van der Waals surface area contributed by atoms with Gasteiger partial charge in [0.05, 0.1) is 18.2 Å². The van der Waals surface area contributed by atoms with Gasteiger partial charge in [0.2, 0.25) is 0 Å². The summed E-state index contributed by atoms with van der Waals surface area (Å²) in [6.07, 6.45) is 0. The average Bonchev–Trinajstić information content (AvgIpc) is 3.23. The summed E-state index contributed by atoms with van der Waals surface area (Å²) in [6, 6.07) is 28.6. The van der Waals surface area contributed by atoms with Crippen molar-refractivity contribution in [2.75, 3.05) is 11.5 Å². The van der Waals surface area contributed by atoms with Crippen LogP contribution >= 0.6 is 0 Å². The second kappa shape index (κ2) is 11.7. The number of carbonyl (C=O) groups excluding carboxylic acids is 2. The van der Waals surface area contributed by atoms with Crippen LogP contribution in [0, 0.1) is 6.92 Å². The van der Waals surface area contributed by atoms with E-state index in [0.29, 0.717) is 34.9 Å². The summed E-state index contributed by atoms with van der Waals surface area (Å²) in [5.74, 6) is 0.362. The number of amides is 1. The molecule has 0 aliphatic carbocycles. The van der Waals surface area contributed by atoms with Gasteiger partial charge >= 0.3 is 0 Å². The van der Waals surface area contributed by atoms with Crippen molar-refractivity contribution < 1.29 is 24.2 Å². The Balaban J connectivity index is 1.68. The monoisotopic (exact) mass is 547 g/mol. The molecule has 208 valence electrons. The molecule has 1 aliphatic heterocycles. The largest absolute Gasteiger partial charge is 0.507 e. The van der Waals surface area contributed by atoms with Crippen molar-refractivity contribution in [3.05, 3.63) is 125 Å². The first-order valence-electron chi connectivity index (χ1n) is 13.8. The number of anilines is 1. The number of aryl methyl sites for hydroxylation is 1. The molecule has 0 bridgehead atoms. The lowest BCUT2D eigenvalue weighted by Crippen LogP contribution is -2.29. The predicted molar refractivity (Wildman–Crippen MR) is 161 cm³/mol. The number of carbonyl (C=O) groups is 2. The fraction of sp³-hybridized carbons (Fsp3) is 0.200. The summed E-state index contributed by atoms with van der Waals surface area (Å²) < 4.78 is 11.9. The third kappa shape index (κ3) is 5.59. The summed E-state index contributed by atoms with van der Waals surface area (Å²) >= 11 is 0. The van der Waals surface area contributed by atoms with E-state index in [-0.39, 0.29) is 17.3 Å². The van der Waals surface area contributed by atoms with Gasteiger partial charge in [0.15, 0.2) is 0 Å². The Morgan fingerprint density at radius 3 is 2.32 bits per heavy atom. The quantitative estimate of drug-likeness (QED) is 0.138. The molecule has 1 heterocycles. The standard InChI is InChI=1S/C35H33NO5/c1-5-40-30-18-17-25(21-29(30)22(2)3)33(37)31-32(36(35(39)34(31)38)26-13-9-11-23(4)19-26)24-12-10-16-28(20-24)41-27-14-7-6-8-15-27/h6-22,32,37H,5H2,1-4H3/b33-31+. The van der Waals surface area contributed by atoms with Gasteiger partial charge < -0.3 is 14.6 Å². The van der Waals surface area contributed by atoms with Crippen molar-refractivity contribution in [3.63, 3.8) is 0 Å². The van der Waals surface area contributed by atoms with E-state index in [0.717, 1.165) is 16.9 Å². The molecule has 0 aromatic heterocycles. The van der Waals surface area contributed by atoms with Gasteiger partial charge in [0.1, 0.15) is 23.0 Å². The highest BCUT2D eigenvalue weighted by Gasteiger charge is 2.47. The molecule has 0 spiro atoms. The molecule has 0 radical (unpaired) electrons. The lowest BCUT2D eigenvalue weighted by atomic mass is 9.93. The van der Waals surface area contributed by atoms with Gasteiger partial charge in [-0.25, -0.2) is 0 Å². The Kier molecular flexibility index (Phi) is 7.92. The third-order valence-corrected chi connectivity index (χ3v) is 7.08. The van der Waals surface area contributed by atoms with Crippen molar-refractivity contribution in [2.24, 2.45) is 0 Å². The summed E-state index contributed by atoms with van der Waals surface area (Å²) in [6.45, 7) is 8.43. The second-order valence-corrected chi connectivity index (χ2v) is 10.3. The number of rotatable bonds is 8. The fourth-order valence-electron chi connectivity index (χ4n) is 5.15. The molecule has 1 unspecified atom stereocenters. The minimum atomic E-state index is -0.870. The molecule has 1 fully saturated rings. The summed E-state index contributed by atoms with van der Waals surface area (Å²) in [5.41, 5.74) is 3.51. The SMILES string of the molecule is CCOc1ccc(/C(O)=C2\C(=O)C(=O)N(c3cccc(C)c3)C2c2cccc(Oc3ccccc3)c2)cc1C(C)C. The fourth-order valence-corrected chi connectivity index (χ4v) is 5.15. The average molecular weight is 548 g/mol. The van der Waals surface area contributed by atoms with E-state index < -0.39 is 17.7 Å². The van der Waals surface area contributed by atoms with E-state index in [2.05, 4.69) is 0 Å². The van der Waals surface area contributed by atoms with Gasteiger partial charge in [-0.3, -0.25) is 14.5 Å². The lowest BCUT2D eigenvalue weighted by molar-refractivity contribution is -0.132. The molecule has 6 heteroatoms. The first-order valence-corrected chi connectivity index (χ1v) is 13.8. The first-order chi connectivity index (χ1) is 19.8. The topological polar surface area (TPSA) is 76.1 Å². The maximum absolute atomic E-state index is 13.7. The van der Waals surface area contributed by atoms with E-state index in [4.69, 9.17) is 9.47 Å². The highest BCUT2D eigenvalue weighted by Crippen LogP contribution is 2.44. The molecule has 1 N–H and O–H groups in total. The molecular formula is C35H33NO5. The molecule has 1 aliphatic rings. The highest BCUT2D eigenvalue weighted by atomic mass is 16.5. The molecule has 5 rings (SSSR count). The number of aliphatic hydroxyl groups is 1. The number of ketones is 1. The van der Waals surface area contributed by atoms with E-state index in [1.165, 1.54) is 4.90 Å². The molecule has 1 amide bonds. The van der Waals surface area contributed by atoms with Crippen LogP contribution in [0.2, 0.25) is 0 Å². The molecule has 6 nitrogen and oxygen atoms in total. The Hall–Kier alpha value is -4.84. The zero-order valence-electron chi connectivity index (χ0n) is 23.6. The molecule has 1 atom stereocenters. The predicted octanol–water partition coefficient (Wildman–Crippen LogP) is 7.94. The van der Waals surface area contributed by atoms with Gasteiger partial charge in [-0.05, 0) is 91.1 Å². The van der Waals surface area contributed by atoms with Crippen molar-refractivity contribution in [2.45, 2.75) is 39.7 Å². The molecule has 41 heavy (non-hydrogen) atoms. The van der Waals surface area contributed by atoms with Crippen LogP contribution in [0.4, 0.5) is 5.69 Å². The molecule has 4 aromatic carbocycles. The Bertz CT molecular complexity index is 1620. The van der Waals surface area contributed by atoms with Crippen molar-refractivity contribution in [3.8, 4) is 17.2 Å². The van der Waals surface area contributed by atoms with Crippen LogP contribution in [0.15, 0.2) is 103 Å². The van der Waals surface area contributed by atoms with E-state index in [1.807, 2.05) is 100 Å². The molecule has 4 aromatic rings. The van der Waals surface area contributed by atoms with Gasteiger partial charge in [0.25, 0.3) is 11.7 Å². The molecule has 0 saturated carbocycles. The van der Waals surface area contributed by atoms with Gasteiger partial charge in [-0.1, -0.05) is 56.3 Å². The normalized spacial score (nSPS) is 16.3. The van der Waals surface area contributed by atoms with Crippen molar-refractivity contribution in [1.29, 1.82) is 0 Å². The van der Waals surface area contributed by atoms with Crippen LogP contribution < -0.4 is 14.4 Å². The van der Waals surface area contributed by atoms with E-state index in [1.54, 1.807) is 24.3 Å². The minimum absolute atomic E-state index is 0.0206. The van der Waals surface area contributed by atoms with Crippen LogP contribution in [0.3, 0.4) is 0 Å². The lowest BCUT2D eigenvalue weighted by Gasteiger charge is -2.26. The van der Waals surface area contributed by atoms with Gasteiger partial charge in [0, 0.05) is 11.3 Å². The van der Waals surface area contributed by atoms with E-state index >= 15 is 0 Å². The number of para-hydroxylation sites is 1. The van der Waals surface area contributed by atoms with Gasteiger partial charge in [-0.15, -0.1) is 0 Å². The number of nitrogens with zero attached hydrogens (tertiary/aromatic N) is 1. The van der Waals surface area contributed by atoms with Crippen LogP contribution in [0.25, 0.3) is 5.76 Å². The van der Waals surface area contributed by atoms with Crippen LogP contribution in [-0.2, 0) is 9.59 Å². The third-order valence-electron chi connectivity index (χ3n) is 7.08. The number of ether oxygens (including phenoxy) is 2. The first kappa shape index (κ1) is 27.7. The number of hydrogen-bond donors (Lipinski definition) is 1. The van der Waals surface area contributed by atoms with Crippen LogP contribution in [0.5, 0.6) is 17.2 Å². The summed E-state index contributed by atoms with van der Waals surface area (Å²) in [5, 5.41) is 11.7. The molecule has 1 saturated heterocycles. The Morgan fingerprint density at radius 1 is 0.878 bits per heavy atom. The smallest absolute Gasteiger partial charge is 0.300 e. The number of aliphatic hydroxyl groups excluding tert-OH is 1. The van der Waals surface area contributed by atoms with E-state index in [9.17, 15) is 14.7 Å².